The Morgan fingerprint density at radius 2 is 1.49 bits per heavy atom. The number of carbonyl (C=O) groups excluding carboxylic acids is 2. The average Bonchev–Trinajstić information content (AvgIpc) is 2.87. The lowest BCUT2D eigenvalue weighted by molar-refractivity contribution is -0.139. The molecule has 1 unspecified atom stereocenters. The fourth-order valence-electron chi connectivity index (χ4n) is 3.85. The van der Waals surface area contributed by atoms with Crippen LogP contribution >= 0.6 is 0 Å². The first-order valence-corrected chi connectivity index (χ1v) is 13.4. The van der Waals surface area contributed by atoms with E-state index in [1.165, 1.54) is 41.3 Å². The summed E-state index contributed by atoms with van der Waals surface area (Å²) in [7, 11) is -4.11. The van der Waals surface area contributed by atoms with Crippen molar-refractivity contribution in [3.05, 3.63) is 95.8 Å². The van der Waals surface area contributed by atoms with Gasteiger partial charge in [-0.2, -0.15) is 0 Å². The van der Waals surface area contributed by atoms with Gasteiger partial charge in [-0.05, 0) is 69.2 Å². The van der Waals surface area contributed by atoms with Crippen LogP contribution < -0.4 is 9.62 Å². The first-order chi connectivity index (χ1) is 17.5. The molecule has 0 radical (unpaired) electrons. The summed E-state index contributed by atoms with van der Waals surface area (Å²) in [6.07, 6.45) is 0. The third-order valence-corrected chi connectivity index (χ3v) is 7.63. The number of para-hydroxylation sites is 1. The Labute approximate surface area is 218 Å². The molecule has 196 valence electrons. The van der Waals surface area contributed by atoms with Gasteiger partial charge in [-0.3, -0.25) is 13.9 Å². The molecule has 3 aromatic rings. The van der Waals surface area contributed by atoms with Gasteiger partial charge >= 0.3 is 0 Å². The van der Waals surface area contributed by atoms with E-state index in [4.69, 9.17) is 0 Å². The molecule has 0 aromatic heterocycles. The van der Waals surface area contributed by atoms with E-state index in [1.54, 1.807) is 56.3 Å². The summed E-state index contributed by atoms with van der Waals surface area (Å²) in [5.41, 5.74) is 1.64. The molecule has 9 heteroatoms. The monoisotopic (exact) mass is 525 g/mol. The summed E-state index contributed by atoms with van der Waals surface area (Å²) >= 11 is 0. The quantitative estimate of drug-likeness (QED) is 0.428. The van der Waals surface area contributed by atoms with Crippen molar-refractivity contribution in [3.8, 4) is 0 Å². The largest absolute Gasteiger partial charge is 0.352 e. The summed E-state index contributed by atoms with van der Waals surface area (Å²) in [4.78, 5) is 28.0. The molecule has 3 rings (SSSR count). The summed E-state index contributed by atoms with van der Waals surface area (Å²) in [5, 5.41) is 2.80. The molecule has 0 fully saturated rings. The van der Waals surface area contributed by atoms with Crippen molar-refractivity contribution in [1.29, 1.82) is 0 Å². The van der Waals surface area contributed by atoms with Gasteiger partial charge in [0.15, 0.2) is 0 Å². The summed E-state index contributed by atoms with van der Waals surface area (Å²) in [5.74, 6) is -1.37. The van der Waals surface area contributed by atoms with Gasteiger partial charge in [-0.15, -0.1) is 0 Å². The van der Waals surface area contributed by atoms with Crippen LogP contribution in [-0.4, -0.2) is 43.8 Å². The van der Waals surface area contributed by atoms with Crippen LogP contribution in [0.15, 0.2) is 83.8 Å². The molecule has 0 spiro atoms. The molecular formula is C28H32FN3O4S. The third-order valence-electron chi connectivity index (χ3n) is 5.86. The number of halogens is 1. The number of nitrogens with one attached hydrogen (secondary N) is 1. The van der Waals surface area contributed by atoms with Gasteiger partial charge in [0, 0.05) is 12.6 Å². The predicted octanol–water partition coefficient (Wildman–Crippen LogP) is 4.27. The molecule has 0 aliphatic heterocycles. The Balaban J connectivity index is 2.02. The van der Waals surface area contributed by atoms with Crippen molar-refractivity contribution in [1.82, 2.24) is 10.2 Å². The number of sulfonamides is 1. The second-order valence-corrected chi connectivity index (χ2v) is 11.0. The SMILES string of the molecule is Cc1ccccc1N(CC(=O)N(Cc1ccc(F)cc1)C(C)C(=O)NC(C)C)S(=O)(=O)c1ccccc1. The molecule has 37 heavy (non-hydrogen) atoms. The van der Waals surface area contributed by atoms with Gasteiger partial charge in [0.25, 0.3) is 10.0 Å². The second kappa shape index (κ2) is 12.0. The van der Waals surface area contributed by atoms with Gasteiger partial charge in [0.1, 0.15) is 18.4 Å². The van der Waals surface area contributed by atoms with E-state index in [0.717, 1.165) is 4.31 Å². The van der Waals surface area contributed by atoms with Crippen molar-refractivity contribution in [2.45, 2.75) is 51.2 Å². The standard InChI is InChI=1S/C28H32FN3O4S/c1-20(2)30-28(34)22(4)31(18-23-14-16-24(29)17-15-23)27(33)19-32(26-13-9-8-10-21(26)3)37(35,36)25-11-6-5-7-12-25/h5-17,20,22H,18-19H2,1-4H3,(H,30,34). The lowest BCUT2D eigenvalue weighted by Gasteiger charge is -2.32. The Kier molecular flexibility index (Phi) is 9.04. The van der Waals surface area contributed by atoms with E-state index in [1.807, 2.05) is 13.8 Å². The van der Waals surface area contributed by atoms with E-state index in [0.29, 0.717) is 16.8 Å². The molecule has 1 atom stereocenters. The Morgan fingerprint density at radius 3 is 2.08 bits per heavy atom. The Bertz CT molecular complexity index is 1330. The number of anilines is 1. The van der Waals surface area contributed by atoms with Crippen LogP contribution in [0.25, 0.3) is 0 Å². The molecule has 0 heterocycles. The van der Waals surface area contributed by atoms with Crippen LogP contribution in [0.5, 0.6) is 0 Å². The van der Waals surface area contributed by atoms with Crippen molar-refractivity contribution < 1.29 is 22.4 Å². The third kappa shape index (κ3) is 6.95. The highest BCUT2D eigenvalue weighted by molar-refractivity contribution is 7.92. The number of carbonyl (C=O) groups is 2. The van der Waals surface area contributed by atoms with Crippen LogP contribution in [-0.2, 0) is 26.2 Å². The first-order valence-electron chi connectivity index (χ1n) is 12.0. The highest BCUT2D eigenvalue weighted by Crippen LogP contribution is 2.27. The minimum atomic E-state index is -4.11. The predicted molar refractivity (Wildman–Crippen MR) is 142 cm³/mol. The summed E-state index contributed by atoms with van der Waals surface area (Å²) < 4.78 is 42.0. The fourth-order valence-corrected chi connectivity index (χ4v) is 5.35. The van der Waals surface area contributed by atoms with Crippen molar-refractivity contribution in [3.63, 3.8) is 0 Å². The van der Waals surface area contributed by atoms with Crippen LogP contribution in [0.1, 0.15) is 31.9 Å². The molecule has 0 saturated heterocycles. The maximum atomic E-state index is 13.8. The number of amides is 2. The van der Waals surface area contributed by atoms with Crippen LogP contribution in [0.4, 0.5) is 10.1 Å². The lowest BCUT2D eigenvalue weighted by atomic mass is 10.1. The van der Waals surface area contributed by atoms with Crippen LogP contribution in [0.2, 0.25) is 0 Å². The molecule has 0 aliphatic carbocycles. The first kappa shape index (κ1) is 27.9. The minimum Gasteiger partial charge on any atom is -0.352 e. The van der Waals surface area contributed by atoms with E-state index in [-0.39, 0.29) is 23.4 Å². The van der Waals surface area contributed by atoms with Crippen LogP contribution in [0, 0.1) is 12.7 Å². The van der Waals surface area contributed by atoms with Crippen molar-refractivity contribution in [2.24, 2.45) is 0 Å². The van der Waals surface area contributed by atoms with Crippen LogP contribution in [0.3, 0.4) is 0 Å². The van der Waals surface area contributed by atoms with Gasteiger partial charge in [0.2, 0.25) is 11.8 Å². The van der Waals surface area contributed by atoms with Crippen molar-refractivity contribution >= 4 is 27.5 Å². The van der Waals surface area contributed by atoms with Crippen molar-refractivity contribution in [2.75, 3.05) is 10.8 Å². The minimum absolute atomic E-state index is 0.00120. The topological polar surface area (TPSA) is 86.8 Å². The Morgan fingerprint density at radius 1 is 0.892 bits per heavy atom. The molecule has 7 nitrogen and oxygen atoms in total. The second-order valence-electron chi connectivity index (χ2n) is 9.10. The molecule has 0 aliphatic rings. The number of nitrogens with zero attached hydrogens (tertiary/aromatic N) is 2. The molecule has 1 N–H and O–H groups in total. The number of aryl methyl sites for hydroxylation is 1. The Hall–Kier alpha value is -3.72. The van der Waals surface area contributed by atoms with Gasteiger partial charge in [-0.25, -0.2) is 12.8 Å². The average molecular weight is 526 g/mol. The lowest BCUT2D eigenvalue weighted by Crippen LogP contribution is -2.52. The van der Waals surface area contributed by atoms with Gasteiger partial charge < -0.3 is 10.2 Å². The van der Waals surface area contributed by atoms with Gasteiger partial charge in [-0.1, -0.05) is 48.5 Å². The zero-order valence-corrected chi connectivity index (χ0v) is 22.2. The maximum absolute atomic E-state index is 13.8. The highest BCUT2D eigenvalue weighted by atomic mass is 32.2. The van der Waals surface area contributed by atoms with E-state index >= 15 is 0 Å². The maximum Gasteiger partial charge on any atom is 0.264 e. The zero-order chi connectivity index (χ0) is 27.2. The summed E-state index contributed by atoms with van der Waals surface area (Å²) in [6, 6.07) is 19.3. The van der Waals surface area contributed by atoms with E-state index < -0.39 is 34.3 Å². The number of hydrogen-bond acceptors (Lipinski definition) is 4. The molecule has 2 amide bonds. The molecule has 3 aromatic carbocycles. The summed E-state index contributed by atoms with van der Waals surface area (Å²) in [6.45, 7) is 6.44. The normalized spacial score (nSPS) is 12.2. The fraction of sp³-hybridized carbons (Fsp3) is 0.286. The highest BCUT2D eigenvalue weighted by Gasteiger charge is 2.33. The zero-order valence-electron chi connectivity index (χ0n) is 21.4. The van der Waals surface area contributed by atoms with E-state index in [2.05, 4.69) is 5.32 Å². The number of benzene rings is 3. The smallest absolute Gasteiger partial charge is 0.264 e. The molecule has 0 saturated carbocycles. The number of hydrogen-bond donors (Lipinski definition) is 1. The molecular weight excluding hydrogens is 493 g/mol. The van der Waals surface area contributed by atoms with Gasteiger partial charge in [0.05, 0.1) is 10.6 Å². The molecule has 0 bridgehead atoms. The van der Waals surface area contributed by atoms with E-state index in [9.17, 15) is 22.4 Å². The number of rotatable bonds is 10.